The molecule has 0 aromatic carbocycles. The van der Waals surface area contributed by atoms with Gasteiger partial charge in [0.2, 0.25) is 0 Å². The molecule has 0 spiro atoms. The second kappa shape index (κ2) is 3.36. The lowest BCUT2D eigenvalue weighted by Crippen LogP contribution is -2.50. The molecule has 1 aliphatic heterocycles. The second-order valence-electron chi connectivity index (χ2n) is 2.65. The van der Waals surface area contributed by atoms with E-state index < -0.39 is 30.6 Å². The molecule has 1 heterocycles. The van der Waals surface area contributed by atoms with Gasteiger partial charge in [0.05, 0.1) is 6.10 Å². The quantitative estimate of drug-likeness (QED) is 0.366. The van der Waals surface area contributed by atoms with Gasteiger partial charge in [-0.1, -0.05) is 0 Å². The molecule has 12 heavy (non-hydrogen) atoms. The van der Waals surface area contributed by atoms with Crippen LogP contribution in [0.5, 0.6) is 0 Å². The van der Waals surface area contributed by atoms with Crippen LogP contribution in [0.2, 0.25) is 0 Å². The Labute approximate surface area is 68.0 Å². The molecule has 0 unspecified atom stereocenters. The molecule has 6 heteroatoms. The molecule has 0 saturated carbocycles. The molecular formula is C6H10O6. The predicted molar refractivity (Wildman–Crippen MR) is 35.1 cm³/mol. The lowest BCUT2D eigenvalue weighted by atomic mass is 10.0. The molecule has 0 aromatic rings. The van der Waals surface area contributed by atoms with E-state index in [4.69, 9.17) is 20.4 Å². The van der Waals surface area contributed by atoms with Gasteiger partial charge in [-0.15, -0.1) is 0 Å². The van der Waals surface area contributed by atoms with Crippen molar-refractivity contribution in [2.75, 3.05) is 0 Å². The van der Waals surface area contributed by atoms with Crippen LogP contribution >= 0.6 is 0 Å². The van der Waals surface area contributed by atoms with Crippen molar-refractivity contribution in [3.63, 3.8) is 0 Å². The third-order valence-corrected chi connectivity index (χ3v) is 1.72. The first-order chi connectivity index (χ1) is 5.52. The SMILES string of the molecule is O=C(O)[C@@H]1C[C@H](O)[C@@H](O)[C@H](O)O1. The summed E-state index contributed by atoms with van der Waals surface area (Å²) in [6.07, 6.45) is -5.78. The average molecular weight is 178 g/mol. The van der Waals surface area contributed by atoms with E-state index in [0.717, 1.165) is 0 Å². The Morgan fingerprint density at radius 1 is 1.33 bits per heavy atom. The number of carbonyl (C=O) groups is 1. The summed E-state index contributed by atoms with van der Waals surface area (Å²) in [5.74, 6) is -1.26. The van der Waals surface area contributed by atoms with E-state index in [9.17, 15) is 4.79 Å². The van der Waals surface area contributed by atoms with Crippen molar-refractivity contribution < 1.29 is 30.0 Å². The lowest BCUT2D eigenvalue weighted by molar-refractivity contribution is -0.248. The van der Waals surface area contributed by atoms with Gasteiger partial charge in [0.25, 0.3) is 0 Å². The van der Waals surface area contributed by atoms with Crippen molar-refractivity contribution >= 4 is 5.97 Å². The summed E-state index contributed by atoms with van der Waals surface area (Å²) < 4.78 is 4.48. The summed E-state index contributed by atoms with van der Waals surface area (Å²) in [4.78, 5) is 10.3. The highest BCUT2D eigenvalue weighted by molar-refractivity contribution is 5.72. The van der Waals surface area contributed by atoms with Crippen molar-refractivity contribution in [1.82, 2.24) is 0 Å². The van der Waals surface area contributed by atoms with Gasteiger partial charge in [-0.05, 0) is 0 Å². The molecule has 0 radical (unpaired) electrons. The summed E-state index contributed by atoms with van der Waals surface area (Å²) in [7, 11) is 0. The molecule has 0 amide bonds. The van der Waals surface area contributed by atoms with Gasteiger partial charge in [0.15, 0.2) is 12.4 Å². The number of aliphatic hydroxyl groups excluding tert-OH is 3. The first-order valence-corrected chi connectivity index (χ1v) is 3.45. The molecule has 1 saturated heterocycles. The third-order valence-electron chi connectivity index (χ3n) is 1.72. The standard InChI is InChI=1S/C6H10O6/c7-2-1-3(5(9)10)12-6(11)4(2)8/h2-4,6-8,11H,1H2,(H,9,10)/t2-,3-,4+,6+/m0/s1. The monoisotopic (exact) mass is 178 g/mol. The van der Waals surface area contributed by atoms with Gasteiger partial charge in [-0.2, -0.15) is 0 Å². The van der Waals surface area contributed by atoms with Gasteiger partial charge in [-0.3, -0.25) is 0 Å². The van der Waals surface area contributed by atoms with E-state index in [0.29, 0.717) is 0 Å². The maximum absolute atomic E-state index is 10.3. The Morgan fingerprint density at radius 3 is 2.33 bits per heavy atom. The molecule has 1 fully saturated rings. The minimum absolute atomic E-state index is 0.215. The van der Waals surface area contributed by atoms with Crippen LogP contribution in [0.3, 0.4) is 0 Å². The second-order valence-corrected chi connectivity index (χ2v) is 2.65. The predicted octanol–water partition coefficient (Wildman–Crippen LogP) is -2.10. The number of hydrogen-bond donors (Lipinski definition) is 4. The van der Waals surface area contributed by atoms with E-state index in [1.807, 2.05) is 0 Å². The zero-order valence-electron chi connectivity index (χ0n) is 6.12. The van der Waals surface area contributed by atoms with Crippen LogP contribution in [0.1, 0.15) is 6.42 Å². The maximum atomic E-state index is 10.3. The van der Waals surface area contributed by atoms with Gasteiger partial charge >= 0.3 is 5.97 Å². The van der Waals surface area contributed by atoms with Crippen LogP contribution in [0.15, 0.2) is 0 Å². The molecule has 1 rings (SSSR count). The highest BCUT2D eigenvalue weighted by Gasteiger charge is 2.38. The van der Waals surface area contributed by atoms with Crippen molar-refractivity contribution in [1.29, 1.82) is 0 Å². The zero-order valence-corrected chi connectivity index (χ0v) is 6.12. The number of ether oxygens (including phenoxy) is 1. The Morgan fingerprint density at radius 2 is 1.92 bits per heavy atom. The van der Waals surface area contributed by atoms with E-state index in [1.54, 1.807) is 0 Å². The number of rotatable bonds is 1. The molecule has 0 aromatic heterocycles. The van der Waals surface area contributed by atoms with Gasteiger partial charge < -0.3 is 25.2 Å². The molecule has 70 valence electrons. The normalized spacial score (nSPS) is 42.6. The van der Waals surface area contributed by atoms with Crippen LogP contribution in [0.25, 0.3) is 0 Å². The molecule has 0 bridgehead atoms. The number of carboxylic acid groups (broad SMARTS) is 1. The summed E-state index contributed by atoms with van der Waals surface area (Å²) in [6.45, 7) is 0. The third kappa shape index (κ3) is 1.72. The van der Waals surface area contributed by atoms with Gasteiger partial charge in [0, 0.05) is 6.42 Å². The fourth-order valence-corrected chi connectivity index (χ4v) is 1.01. The largest absolute Gasteiger partial charge is 0.479 e. The Kier molecular flexibility index (Phi) is 2.63. The first-order valence-electron chi connectivity index (χ1n) is 3.45. The minimum atomic E-state index is -1.63. The van der Waals surface area contributed by atoms with Crippen LogP contribution in [-0.2, 0) is 9.53 Å². The van der Waals surface area contributed by atoms with Crippen molar-refractivity contribution in [3.05, 3.63) is 0 Å². The van der Waals surface area contributed by atoms with E-state index in [2.05, 4.69) is 4.74 Å². The highest BCUT2D eigenvalue weighted by Crippen LogP contribution is 2.18. The van der Waals surface area contributed by atoms with Crippen LogP contribution in [-0.4, -0.2) is 51.0 Å². The molecule has 6 nitrogen and oxygen atoms in total. The fourth-order valence-electron chi connectivity index (χ4n) is 1.01. The topological polar surface area (TPSA) is 107 Å². The van der Waals surface area contributed by atoms with E-state index >= 15 is 0 Å². The Balaban J connectivity index is 2.59. The van der Waals surface area contributed by atoms with E-state index in [-0.39, 0.29) is 6.42 Å². The summed E-state index contributed by atoms with van der Waals surface area (Å²) in [6, 6.07) is 0. The Bertz CT molecular complexity index is 169. The number of aliphatic hydroxyl groups is 3. The molecule has 4 atom stereocenters. The first kappa shape index (κ1) is 9.40. The molecule has 0 aliphatic carbocycles. The van der Waals surface area contributed by atoms with Crippen LogP contribution in [0, 0.1) is 0 Å². The van der Waals surface area contributed by atoms with Gasteiger partial charge in [-0.25, -0.2) is 4.79 Å². The summed E-state index contributed by atoms with van der Waals surface area (Å²) in [5, 5.41) is 35.2. The molecule has 1 aliphatic rings. The summed E-state index contributed by atoms with van der Waals surface area (Å²) >= 11 is 0. The number of aliphatic carboxylic acids is 1. The zero-order chi connectivity index (χ0) is 9.30. The van der Waals surface area contributed by atoms with Crippen molar-refractivity contribution in [3.8, 4) is 0 Å². The minimum Gasteiger partial charge on any atom is -0.479 e. The maximum Gasteiger partial charge on any atom is 0.333 e. The lowest BCUT2D eigenvalue weighted by Gasteiger charge is -2.32. The van der Waals surface area contributed by atoms with E-state index in [1.165, 1.54) is 0 Å². The molecule has 4 N–H and O–H groups in total. The van der Waals surface area contributed by atoms with Gasteiger partial charge in [0.1, 0.15) is 6.10 Å². The summed E-state index contributed by atoms with van der Waals surface area (Å²) in [5.41, 5.74) is 0. The number of hydrogen-bond acceptors (Lipinski definition) is 5. The fraction of sp³-hybridized carbons (Fsp3) is 0.833. The van der Waals surface area contributed by atoms with Crippen molar-refractivity contribution in [2.45, 2.75) is 31.0 Å². The average Bonchev–Trinajstić information content (AvgIpc) is 1.99. The van der Waals surface area contributed by atoms with Crippen molar-refractivity contribution in [2.24, 2.45) is 0 Å². The Hall–Kier alpha value is -0.690. The van der Waals surface area contributed by atoms with Crippen LogP contribution < -0.4 is 0 Å². The highest BCUT2D eigenvalue weighted by atomic mass is 16.6. The van der Waals surface area contributed by atoms with Crippen LogP contribution in [0.4, 0.5) is 0 Å². The molecular weight excluding hydrogens is 168 g/mol. The number of carboxylic acids is 1. The smallest absolute Gasteiger partial charge is 0.333 e.